The second-order valence-electron chi connectivity index (χ2n) is 6.88. The Hall–Kier alpha value is -1.67. The van der Waals surface area contributed by atoms with E-state index < -0.39 is 9.84 Å². The molecule has 0 bridgehead atoms. The van der Waals surface area contributed by atoms with Crippen molar-refractivity contribution in [3.05, 3.63) is 30.1 Å². The zero-order valence-electron chi connectivity index (χ0n) is 14.8. The van der Waals surface area contributed by atoms with E-state index in [4.69, 9.17) is 4.74 Å². The van der Waals surface area contributed by atoms with Crippen LogP contribution in [0.2, 0.25) is 0 Å². The summed E-state index contributed by atoms with van der Waals surface area (Å²) < 4.78 is 41.7. The van der Waals surface area contributed by atoms with Gasteiger partial charge in [0.1, 0.15) is 11.6 Å². The monoisotopic (exact) mass is 384 g/mol. The minimum absolute atomic E-state index is 0.0894. The van der Waals surface area contributed by atoms with Gasteiger partial charge in [0.15, 0.2) is 9.84 Å². The van der Waals surface area contributed by atoms with Gasteiger partial charge in [-0.25, -0.2) is 12.8 Å². The lowest BCUT2D eigenvalue weighted by Crippen LogP contribution is -2.52. The molecule has 144 valence electrons. The van der Waals surface area contributed by atoms with Crippen molar-refractivity contribution in [1.82, 2.24) is 9.80 Å². The van der Waals surface area contributed by atoms with E-state index in [1.54, 1.807) is 12.1 Å². The summed E-state index contributed by atoms with van der Waals surface area (Å²) in [7, 11) is -2.87. The first-order valence-corrected chi connectivity index (χ1v) is 10.9. The molecule has 1 aromatic carbocycles. The van der Waals surface area contributed by atoms with E-state index in [1.807, 2.05) is 4.90 Å². The van der Waals surface area contributed by atoms with Crippen molar-refractivity contribution in [3.63, 3.8) is 0 Å². The number of ether oxygens (including phenoxy) is 1. The van der Waals surface area contributed by atoms with Crippen LogP contribution in [0.3, 0.4) is 0 Å². The van der Waals surface area contributed by atoms with E-state index in [9.17, 15) is 17.6 Å². The van der Waals surface area contributed by atoms with Gasteiger partial charge >= 0.3 is 0 Å². The van der Waals surface area contributed by atoms with Gasteiger partial charge in [-0.15, -0.1) is 0 Å². The van der Waals surface area contributed by atoms with E-state index in [0.29, 0.717) is 44.7 Å². The van der Waals surface area contributed by atoms with Crippen LogP contribution >= 0.6 is 0 Å². The molecule has 1 amide bonds. The number of benzene rings is 1. The Morgan fingerprint density at radius 2 is 2.00 bits per heavy atom. The van der Waals surface area contributed by atoms with Crippen molar-refractivity contribution in [2.45, 2.75) is 25.3 Å². The molecular formula is C18H25FN2O4S. The Kier molecular flexibility index (Phi) is 6.13. The number of nitrogens with zero attached hydrogens (tertiary/aromatic N) is 2. The Labute approximate surface area is 153 Å². The van der Waals surface area contributed by atoms with Crippen LogP contribution in [0.4, 0.5) is 4.39 Å². The van der Waals surface area contributed by atoms with Gasteiger partial charge in [-0.3, -0.25) is 9.69 Å². The molecular weight excluding hydrogens is 359 g/mol. The van der Waals surface area contributed by atoms with Crippen molar-refractivity contribution in [2.24, 2.45) is 0 Å². The zero-order chi connectivity index (χ0) is 18.6. The van der Waals surface area contributed by atoms with Gasteiger partial charge in [0.2, 0.25) is 5.91 Å². The number of piperazine rings is 1. The molecule has 1 atom stereocenters. The van der Waals surface area contributed by atoms with E-state index in [-0.39, 0.29) is 29.3 Å². The van der Waals surface area contributed by atoms with Crippen LogP contribution in [0.5, 0.6) is 5.75 Å². The van der Waals surface area contributed by atoms with E-state index in [2.05, 4.69) is 4.90 Å². The van der Waals surface area contributed by atoms with Gasteiger partial charge in [-0.2, -0.15) is 0 Å². The second-order valence-corrected chi connectivity index (χ2v) is 9.11. The average molecular weight is 384 g/mol. The predicted molar refractivity (Wildman–Crippen MR) is 96.3 cm³/mol. The van der Waals surface area contributed by atoms with Crippen LogP contribution < -0.4 is 4.74 Å². The maximum absolute atomic E-state index is 13.1. The molecule has 26 heavy (non-hydrogen) atoms. The molecule has 2 heterocycles. The van der Waals surface area contributed by atoms with Crippen LogP contribution in [-0.2, 0) is 14.6 Å². The molecule has 1 aromatic rings. The minimum Gasteiger partial charge on any atom is -0.493 e. The van der Waals surface area contributed by atoms with Crippen molar-refractivity contribution < 1.29 is 22.3 Å². The maximum Gasteiger partial charge on any atom is 0.222 e. The highest BCUT2D eigenvalue weighted by atomic mass is 32.2. The summed E-state index contributed by atoms with van der Waals surface area (Å²) >= 11 is 0. The number of hydrogen-bond acceptors (Lipinski definition) is 5. The fourth-order valence-electron chi connectivity index (χ4n) is 3.53. The molecule has 0 aromatic heterocycles. The van der Waals surface area contributed by atoms with E-state index in [0.717, 1.165) is 13.1 Å². The molecule has 0 radical (unpaired) electrons. The minimum atomic E-state index is -2.87. The summed E-state index contributed by atoms with van der Waals surface area (Å²) in [5.74, 6) is 0.746. The zero-order valence-corrected chi connectivity index (χ0v) is 15.6. The Bertz CT molecular complexity index is 732. The van der Waals surface area contributed by atoms with Crippen molar-refractivity contribution in [2.75, 3.05) is 44.3 Å². The second kappa shape index (κ2) is 8.35. The first-order valence-electron chi connectivity index (χ1n) is 9.03. The van der Waals surface area contributed by atoms with Gasteiger partial charge in [0, 0.05) is 44.7 Å². The number of carbonyl (C=O) groups is 1. The first-order chi connectivity index (χ1) is 12.4. The lowest BCUT2D eigenvalue weighted by Gasteiger charge is -2.37. The average Bonchev–Trinajstić information content (AvgIpc) is 2.99. The van der Waals surface area contributed by atoms with Crippen LogP contribution in [0.15, 0.2) is 24.3 Å². The molecule has 3 rings (SSSR count). The molecule has 0 saturated carbocycles. The van der Waals surface area contributed by atoms with Crippen LogP contribution in [0.1, 0.15) is 19.3 Å². The molecule has 0 aliphatic carbocycles. The highest BCUT2D eigenvalue weighted by Crippen LogP contribution is 2.19. The lowest BCUT2D eigenvalue weighted by molar-refractivity contribution is -0.133. The number of sulfone groups is 1. The van der Waals surface area contributed by atoms with Gasteiger partial charge < -0.3 is 9.64 Å². The Morgan fingerprint density at radius 3 is 2.65 bits per heavy atom. The van der Waals surface area contributed by atoms with Gasteiger partial charge in [-0.1, -0.05) is 6.07 Å². The van der Waals surface area contributed by atoms with E-state index in [1.165, 1.54) is 12.1 Å². The summed E-state index contributed by atoms with van der Waals surface area (Å²) in [6, 6.07) is 6.07. The summed E-state index contributed by atoms with van der Waals surface area (Å²) in [6.07, 6.45) is 1.68. The smallest absolute Gasteiger partial charge is 0.222 e. The fourth-order valence-corrected chi connectivity index (χ4v) is 5.29. The molecule has 2 fully saturated rings. The quantitative estimate of drug-likeness (QED) is 0.692. The van der Waals surface area contributed by atoms with Gasteiger partial charge in [-0.05, 0) is 25.0 Å². The third kappa shape index (κ3) is 5.17. The number of hydrogen-bond donors (Lipinski definition) is 0. The first kappa shape index (κ1) is 19.1. The normalized spacial score (nSPS) is 23.1. The van der Waals surface area contributed by atoms with Crippen molar-refractivity contribution in [3.8, 4) is 5.75 Å². The molecule has 2 aliphatic heterocycles. The summed E-state index contributed by atoms with van der Waals surface area (Å²) in [6.45, 7) is 3.10. The summed E-state index contributed by atoms with van der Waals surface area (Å²) in [5.41, 5.74) is 0. The Morgan fingerprint density at radius 1 is 1.23 bits per heavy atom. The maximum atomic E-state index is 13.1. The topological polar surface area (TPSA) is 66.9 Å². The van der Waals surface area contributed by atoms with Gasteiger partial charge in [0.05, 0.1) is 18.1 Å². The van der Waals surface area contributed by atoms with Crippen molar-refractivity contribution in [1.29, 1.82) is 0 Å². The van der Waals surface area contributed by atoms with Crippen molar-refractivity contribution >= 4 is 15.7 Å². The predicted octanol–water partition coefficient (Wildman–Crippen LogP) is 1.32. The third-order valence-corrected chi connectivity index (χ3v) is 6.74. The van der Waals surface area contributed by atoms with E-state index >= 15 is 0 Å². The summed E-state index contributed by atoms with van der Waals surface area (Å²) in [5, 5.41) is 0. The van der Waals surface area contributed by atoms with Crippen LogP contribution in [0.25, 0.3) is 0 Å². The Balaban J connectivity index is 1.35. The van der Waals surface area contributed by atoms with Gasteiger partial charge in [0.25, 0.3) is 0 Å². The largest absolute Gasteiger partial charge is 0.493 e. The number of halogens is 1. The highest BCUT2D eigenvalue weighted by molar-refractivity contribution is 7.91. The molecule has 2 saturated heterocycles. The standard InChI is InChI=1S/C18H25FN2O4S/c19-15-3-1-4-17(13-15)25-11-2-5-18(22)21-9-7-20(8-10-21)16-6-12-26(23,24)14-16/h1,3-4,13,16H,2,5-12,14H2. The lowest BCUT2D eigenvalue weighted by atomic mass is 10.2. The number of amides is 1. The highest BCUT2D eigenvalue weighted by Gasteiger charge is 2.34. The molecule has 2 aliphatic rings. The van der Waals surface area contributed by atoms with Crippen LogP contribution in [-0.4, -0.2) is 74.5 Å². The number of carbonyl (C=O) groups excluding carboxylic acids is 1. The third-order valence-electron chi connectivity index (χ3n) is 4.99. The molecule has 6 nitrogen and oxygen atoms in total. The fraction of sp³-hybridized carbons (Fsp3) is 0.611. The number of rotatable bonds is 6. The molecule has 1 unspecified atom stereocenters. The molecule has 0 spiro atoms. The van der Waals surface area contributed by atoms with Crippen LogP contribution in [0, 0.1) is 5.82 Å². The SMILES string of the molecule is O=C(CCCOc1cccc(F)c1)N1CCN(C2CCS(=O)(=O)C2)CC1. The molecule has 8 heteroatoms. The molecule has 0 N–H and O–H groups in total. The summed E-state index contributed by atoms with van der Waals surface area (Å²) in [4.78, 5) is 16.3.